The maximum atomic E-state index is 7.71. The van der Waals surface area contributed by atoms with Gasteiger partial charge in [-0.2, -0.15) is 0 Å². The maximum absolute atomic E-state index is 7.71. The van der Waals surface area contributed by atoms with E-state index in [9.17, 15) is 0 Å². The van der Waals surface area contributed by atoms with Crippen molar-refractivity contribution in [3.05, 3.63) is 161 Å². The first-order valence-electron chi connectivity index (χ1n) is 25.0. The zero-order valence-electron chi connectivity index (χ0n) is 41.8. The Labute approximate surface area is 399 Å². The molecule has 0 atom stereocenters. The third-order valence-corrected chi connectivity index (χ3v) is 17.0. The number of nitrogens with zero attached hydrogens (tertiary/aromatic N) is 2. The molecule has 1 aromatic heterocycles. The number of anilines is 5. The average Bonchev–Trinajstić information content (AvgIpc) is 3.67. The van der Waals surface area contributed by atoms with E-state index in [-0.39, 0.29) is 33.9 Å². The van der Waals surface area contributed by atoms with E-state index in [0.29, 0.717) is 0 Å². The van der Waals surface area contributed by atoms with Gasteiger partial charge in [-0.15, -0.1) is 0 Å². The summed E-state index contributed by atoms with van der Waals surface area (Å²) >= 11 is 0. The summed E-state index contributed by atoms with van der Waals surface area (Å²) in [6.07, 6.45) is 4.63. The molecule has 4 aliphatic rings. The van der Waals surface area contributed by atoms with Gasteiger partial charge >= 0.3 is 6.85 Å². The molecule has 0 saturated heterocycles. The third kappa shape index (κ3) is 6.23. The van der Waals surface area contributed by atoms with Gasteiger partial charge in [-0.25, -0.2) is 0 Å². The van der Waals surface area contributed by atoms with E-state index in [2.05, 4.69) is 220 Å². The molecule has 0 N–H and O–H groups in total. The number of fused-ring (bicyclic) bond motifs is 10. The van der Waals surface area contributed by atoms with E-state index in [1.165, 1.54) is 106 Å². The maximum Gasteiger partial charge on any atom is 0.375 e. The van der Waals surface area contributed by atoms with Crippen LogP contribution in [0.25, 0.3) is 44.0 Å². The predicted octanol–water partition coefficient (Wildman–Crippen LogP) is 16.3. The van der Waals surface area contributed by atoms with Crippen LogP contribution in [-0.4, -0.2) is 6.85 Å². The highest BCUT2D eigenvalue weighted by Crippen LogP contribution is 2.56. The molecule has 2 aliphatic carbocycles. The van der Waals surface area contributed by atoms with Gasteiger partial charge < -0.3 is 14.1 Å². The second kappa shape index (κ2) is 14.0. The minimum Gasteiger partial charge on any atom is -0.466 e. The fraction of sp³-hybridized carbons (Fsp3) is 0.333. The highest BCUT2D eigenvalue weighted by atomic mass is 16.3. The van der Waals surface area contributed by atoms with Gasteiger partial charge in [0.25, 0.3) is 0 Å². The molecule has 3 heterocycles. The van der Waals surface area contributed by atoms with E-state index in [4.69, 9.17) is 4.42 Å². The summed E-state index contributed by atoms with van der Waals surface area (Å²) in [5.41, 5.74) is 22.9. The summed E-state index contributed by atoms with van der Waals surface area (Å²) < 4.78 is 7.71. The number of hydrogen-bond donors (Lipinski definition) is 0. The van der Waals surface area contributed by atoms with Gasteiger partial charge in [0, 0.05) is 33.7 Å². The van der Waals surface area contributed by atoms with Crippen LogP contribution in [0.5, 0.6) is 0 Å². The molecule has 0 saturated carbocycles. The molecule has 0 fully saturated rings. The number of hydrogen-bond acceptors (Lipinski definition) is 3. The predicted molar refractivity (Wildman–Crippen MR) is 287 cm³/mol. The topological polar surface area (TPSA) is 19.6 Å². The smallest absolute Gasteiger partial charge is 0.375 e. The standard InChI is InChI=1S/C63H65BN2O/c1-38-32-47-49(62(9,10)30-28-60(47,5)6)36-52(38)65-53-34-41(39-18-14-13-15-19-39)33-46-55-44-21-17-16-20-40(44)22-27-51(55)66(43-25-23-42(24-26-43)59(2,3)4)64(56(46)53)58-57(65)45-35-48-50(37-54(45)67-58)63(11,12)31-29-61(48,7)8/h13-27,32-37H,28-31H2,1-12H3. The van der Waals surface area contributed by atoms with E-state index in [1.807, 2.05) is 0 Å². The second-order valence-corrected chi connectivity index (χ2v) is 24.3. The van der Waals surface area contributed by atoms with Crippen molar-refractivity contribution in [1.29, 1.82) is 0 Å². The van der Waals surface area contributed by atoms with Crippen LogP contribution in [0.15, 0.2) is 132 Å². The van der Waals surface area contributed by atoms with Gasteiger partial charge in [-0.3, -0.25) is 0 Å². The summed E-state index contributed by atoms with van der Waals surface area (Å²) in [5, 5.41) is 3.70. The van der Waals surface area contributed by atoms with Crippen LogP contribution >= 0.6 is 0 Å². The van der Waals surface area contributed by atoms with Crippen molar-refractivity contribution in [2.24, 2.45) is 0 Å². The van der Waals surface area contributed by atoms with Crippen LogP contribution in [0.2, 0.25) is 0 Å². The summed E-state index contributed by atoms with van der Waals surface area (Å²) in [7, 11) is 0. The van der Waals surface area contributed by atoms with Gasteiger partial charge in [-0.1, -0.05) is 155 Å². The molecular weight excluding hydrogens is 812 g/mol. The number of rotatable bonds is 3. The average molecular weight is 877 g/mol. The fourth-order valence-electron chi connectivity index (χ4n) is 12.7. The van der Waals surface area contributed by atoms with Crippen LogP contribution in [0.1, 0.15) is 135 Å². The van der Waals surface area contributed by atoms with Crippen molar-refractivity contribution >= 4 is 68.1 Å². The summed E-state index contributed by atoms with van der Waals surface area (Å²) in [6.45, 7) is 28.6. The van der Waals surface area contributed by atoms with Gasteiger partial charge in [-0.05, 0) is 175 Å². The van der Waals surface area contributed by atoms with Gasteiger partial charge in [0.2, 0.25) is 0 Å². The molecule has 67 heavy (non-hydrogen) atoms. The molecule has 4 heteroatoms. The van der Waals surface area contributed by atoms with Crippen LogP contribution in [-0.2, 0) is 27.1 Å². The summed E-state index contributed by atoms with van der Waals surface area (Å²) in [6, 6.07) is 49.3. The van der Waals surface area contributed by atoms with E-state index < -0.39 is 0 Å². The molecule has 2 aliphatic heterocycles. The quantitative estimate of drug-likeness (QED) is 0.165. The van der Waals surface area contributed by atoms with Crippen molar-refractivity contribution in [2.75, 3.05) is 9.71 Å². The zero-order valence-corrected chi connectivity index (χ0v) is 41.8. The highest BCUT2D eigenvalue weighted by Gasteiger charge is 2.50. The summed E-state index contributed by atoms with van der Waals surface area (Å²) in [4.78, 5) is 5.29. The first-order chi connectivity index (χ1) is 31.7. The van der Waals surface area contributed by atoms with Crippen molar-refractivity contribution in [1.82, 2.24) is 0 Å². The monoisotopic (exact) mass is 877 g/mol. The third-order valence-electron chi connectivity index (χ3n) is 17.0. The molecule has 12 rings (SSSR count). The zero-order chi connectivity index (χ0) is 46.7. The number of aryl methyl sites for hydroxylation is 1. The lowest BCUT2D eigenvalue weighted by Crippen LogP contribution is -2.61. The Morgan fingerprint density at radius 1 is 0.537 bits per heavy atom. The first-order valence-corrected chi connectivity index (χ1v) is 25.0. The van der Waals surface area contributed by atoms with Crippen LogP contribution < -0.4 is 20.8 Å². The summed E-state index contributed by atoms with van der Waals surface area (Å²) in [5.74, 6) is 0. The Balaban J connectivity index is 1.26. The lowest BCUT2D eigenvalue weighted by atomic mass is 9.45. The Kier molecular flexibility index (Phi) is 8.87. The van der Waals surface area contributed by atoms with E-state index in [0.717, 1.165) is 36.2 Å². The second-order valence-electron chi connectivity index (χ2n) is 24.3. The minimum absolute atomic E-state index is 0.0244. The van der Waals surface area contributed by atoms with Gasteiger partial charge in [0.05, 0.1) is 5.69 Å². The van der Waals surface area contributed by atoms with E-state index >= 15 is 0 Å². The lowest BCUT2D eigenvalue weighted by molar-refractivity contribution is 0.332. The normalized spacial score (nSPS) is 18.3. The molecule has 0 unspecified atom stereocenters. The molecule has 0 bridgehead atoms. The van der Waals surface area contributed by atoms with E-state index in [1.54, 1.807) is 0 Å². The van der Waals surface area contributed by atoms with Crippen molar-refractivity contribution < 1.29 is 4.42 Å². The van der Waals surface area contributed by atoms with Crippen molar-refractivity contribution in [3.8, 4) is 22.3 Å². The van der Waals surface area contributed by atoms with Crippen LogP contribution in [0, 0.1) is 6.92 Å². The molecule has 8 aromatic rings. The minimum atomic E-state index is -0.242. The molecule has 0 radical (unpaired) electrons. The molecular formula is C63H65BN2O. The van der Waals surface area contributed by atoms with Gasteiger partial charge in [0.15, 0.2) is 0 Å². The van der Waals surface area contributed by atoms with Crippen LogP contribution in [0.3, 0.4) is 0 Å². The molecule has 3 nitrogen and oxygen atoms in total. The first kappa shape index (κ1) is 42.4. The van der Waals surface area contributed by atoms with Crippen molar-refractivity contribution in [3.63, 3.8) is 0 Å². The Bertz CT molecular complexity index is 3360. The highest BCUT2D eigenvalue weighted by molar-refractivity contribution is 6.93. The Morgan fingerprint density at radius 2 is 1.13 bits per heavy atom. The Morgan fingerprint density at radius 3 is 1.79 bits per heavy atom. The van der Waals surface area contributed by atoms with Crippen LogP contribution in [0.4, 0.5) is 28.4 Å². The molecule has 0 spiro atoms. The Hall–Kier alpha value is -6.00. The number of furan rings is 1. The molecule has 336 valence electrons. The molecule has 7 aromatic carbocycles. The fourth-order valence-corrected chi connectivity index (χ4v) is 12.7. The van der Waals surface area contributed by atoms with Crippen molar-refractivity contribution in [2.45, 2.75) is 136 Å². The SMILES string of the molecule is Cc1cc2c(cc1N1c3cc(-c4ccccc4)cc4c3B(c3oc5cc6c(cc5c31)C(C)(C)CCC6(C)C)N(c1ccc(C(C)(C)C)cc1)c1ccc3ccccc3c1-4)C(C)(C)CCC2(C)C. The lowest BCUT2D eigenvalue weighted by Gasteiger charge is -2.46. The van der Waals surface area contributed by atoms with Gasteiger partial charge in [0.1, 0.15) is 11.2 Å². The molecule has 0 amide bonds. The number of benzene rings is 7. The largest absolute Gasteiger partial charge is 0.466 e.